The highest BCUT2D eigenvalue weighted by Gasteiger charge is 2.24. The average molecular weight is 400 g/mol. The van der Waals surface area contributed by atoms with E-state index >= 15 is 0 Å². The van der Waals surface area contributed by atoms with E-state index in [2.05, 4.69) is 30.5 Å². The molecule has 0 spiro atoms. The summed E-state index contributed by atoms with van der Waals surface area (Å²) in [6.45, 7) is 7.25. The SMILES string of the molecule is CCN(CC)c1ncc(Cl)c(C(=O)NC(c2ccccc2)c2n[nH]c(C)n2)n1. The lowest BCUT2D eigenvalue weighted by Gasteiger charge is -2.20. The van der Waals surface area contributed by atoms with Gasteiger partial charge in [0.15, 0.2) is 11.5 Å². The summed E-state index contributed by atoms with van der Waals surface area (Å²) < 4.78 is 0. The minimum atomic E-state index is -0.540. The number of aromatic amines is 1. The number of amides is 1. The van der Waals surface area contributed by atoms with E-state index in [0.29, 0.717) is 17.6 Å². The molecule has 8 nitrogen and oxygen atoms in total. The standard InChI is InChI=1S/C19H22ClN7O/c1-4-27(5-2)19-21-11-14(20)16(24-19)18(28)23-15(13-9-7-6-8-10-13)17-22-12(3)25-26-17/h6-11,15H,4-5H2,1-3H3,(H,23,28)(H,22,25,26). The number of benzene rings is 1. The van der Waals surface area contributed by atoms with Gasteiger partial charge in [-0.25, -0.2) is 15.0 Å². The first-order valence-corrected chi connectivity index (χ1v) is 9.43. The van der Waals surface area contributed by atoms with E-state index in [4.69, 9.17) is 11.6 Å². The maximum absolute atomic E-state index is 13.0. The third-order valence-electron chi connectivity index (χ3n) is 4.27. The number of carbonyl (C=O) groups excluding carboxylic acids is 1. The summed E-state index contributed by atoms with van der Waals surface area (Å²) in [4.78, 5) is 27.9. The van der Waals surface area contributed by atoms with Gasteiger partial charge in [0.25, 0.3) is 5.91 Å². The lowest BCUT2D eigenvalue weighted by molar-refractivity contribution is 0.0936. The fraction of sp³-hybridized carbons (Fsp3) is 0.316. The highest BCUT2D eigenvalue weighted by Crippen LogP contribution is 2.22. The number of hydrogen-bond acceptors (Lipinski definition) is 6. The van der Waals surface area contributed by atoms with Crippen molar-refractivity contribution in [3.8, 4) is 0 Å². The Hall–Kier alpha value is -3.00. The zero-order valence-electron chi connectivity index (χ0n) is 16.0. The molecule has 28 heavy (non-hydrogen) atoms. The zero-order chi connectivity index (χ0) is 20.1. The fourth-order valence-electron chi connectivity index (χ4n) is 2.81. The number of nitrogens with zero attached hydrogens (tertiary/aromatic N) is 5. The molecular formula is C19H22ClN7O. The highest BCUT2D eigenvalue weighted by atomic mass is 35.5. The Kier molecular flexibility index (Phi) is 6.20. The van der Waals surface area contributed by atoms with Gasteiger partial charge in [-0.2, -0.15) is 5.10 Å². The molecule has 1 atom stereocenters. The van der Waals surface area contributed by atoms with Crippen LogP contribution in [0, 0.1) is 6.92 Å². The molecular weight excluding hydrogens is 378 g/mol. The van der Waals surface area contributed by atoms with Gasteiger partial charge in [0, 0.05) is 13.1 Å². The van der Waals surface area contributed by atoms with E-state index in [9.17, 15) is 4.79 Å². The van der Waals surface area contributed by atoms with E-state index < -0.39 is 11.9 Å². The van der Waals surface area contributed by atoms with Crippen LogP contribution in [-0.4, -0.2) is 44.1 Å². The van der Waals surface area contributed by atoms with Gasteiger partial charge < -0.3 is 10.2 Å². The molecule has 0 saturated carbocycles. The van der Waals surface area contributed by atoms with Crippen LogP contribution in [0.3, 0.4) is 0 Å². The molecule has 0 aliphatic carbocycles. The van der Waals surface area contributed by atoms with E-state index in [1.54, 1.807) is 6.92 Å². The van der Waals surface area contributed by atoms with Crippen LogP contribution in [-0.2, 0) is 0 Å². The molecule has 0 aliphatic rings. The molecule has 1 unspecified atom stereocenters. The summed E-state index contributed by atoms with van der Waals surface area (Å²) >= 11 is 6.22. The van der Waals surface area contributed by atoms with Crippen molar-refractivity contribution >= 4 is 23.5 Å². The Bertz CT molecular complexity index is 940. The maximum atomic E-state index is 13.0. The summed E-state index contributed by atoms with van der Waals surface area (Å²) in [5.41, 5.74) is 0.968. The molecule has 3 rings (SSSR count). The number of rotatable bonds is 7. The minimum absolute atomic E-state index is 0.117. The summed E-state index contributed by atoms with van der Waals surface area (Å²) in [5.74, 6) is 1.17. The molecule has 0 bridgehead atoms. The molecule has 1 amide bonds. The Balaban J connectivity index is 1.93. The second-order valence-electron chi connectivity index (χ2n) is 6.14. The lowest BCUT2D eigenvalue weighted by Crippen LogP contribution is -2.32. The summed E-state index contributed by atoms with van der Waals surface area (Å²) in [5, 5.41) is 10.2. The monoisotopic (exact) mass is 399 g/mol. The molecule has 0 saturated heterocycles. The number of hydrogen-bond donors (Lipinski definition) is 2. The third-order valence-corrected chi connectivity index (χ3v) is 4.55. The predicted octanol–water partition coefficient (Wildman–Crippen LogP) is 2.92. The normalized spacial score (nSPS) is 11.9. The molecule has 3 aromatic rings. The van der Waals surface area contributed by atoms with Crippen molar-refractivity contribution in [2.24, 2.45) is 0 Å². The van der Waals surface area contributed by atoms with Gasteiger partial charge in [0.05, 0.1) is 11.2 Å². The number of anilines is 1. The van der Waals surface area contributed by atoms with E-state index in [1.165, 1.54) is 6.20 Å². The van der Waals surface area contributed by atoms with Crippen LogP contribution in [0.4, 0.5) is 5.95 Å². The van der Waals surface area contributed by atoms with Crippen LogP contribution < -0.4 is 10.2 Å². The van der Waals surface area contributed by atoms with Crippen LogP contribution in [0.25, 0.3) is 0 Å². The Labute approximate surface area is 168 Å². The number of aryl methyl sites for hydroxylation is 1. The maximum Gasteiger partial charge on any atom is 0.272 e. The average Bonchev–Trinajstić information content (AvgIpc) is 3.14. The molecule has 146 valence electrons. The predicted molar refractivity (Wildman–Crippen MR) is 107 cm³/mol. The molecule has 2 N–H and O–H groups in total. The van der Waals surface area contributed by atoms with Crippen molar-refractivity contribution in [1.29, 1.82) is 0 Å². The second kappa shape index (κ2) is 8.79. The van der Waals surface area contributed by atoms with Gasteiger partial charge in [-0.3, -0.25) is 9.89 Å². The van der Waals surface area contributed by atoms with Crippen molar-refractivity contribution in [1.82, 2.24) is 30.5 Å². The number of nitrogens with one attached hydrogen (secondary N) is 2. The first-order valence-electron chi connectivity index (χ1n) is 9.05. The number of aromatic nitrogens is 5. The molecule has 2 heterocycles. The summed E-state index contributed by atoms with van der Waals surface area (Å²) in [6, 6.07) is 8.96. The topological polar surface area (TPSA) is 99.7 Å². The third kappa shape index (κ3) is 4.28. The van der Waals surface area contributed by atoms with Crippen molar-refractivity contribution in [2.75, 3.05) is 18.0 Å². The van der Waals surface area contributed by atoms with E-state index in [1.807, 2.05) is 49.1 Å². The van der Waals surface area contributed by atoms with Crippen LogP contribution in [0.15, 0.2) is 36.5 Å². The second-order valence-corrected chi connectivity index (χ2v) is 6.54. The van der Waals surface area contributed by atoms with Crippen molar-refractivity contribution in [3.63, 3.8) is 0 Å². The Morgan fingerprint density at radius 2 is 1.93 bits per heavy atom. The molecule has 1 aromatic carbocycles. The van der Waals surface area contributed by atoms with Gasteiger partial charge in [0.1, 0.15) is 11.9 Å². The number of halogens is 1. The number of carbonyl (C=O) groups is 1. The van der Waals surface area contributed by atoms with Crippen LogP contribution in [0.1, 0.15) is 47.6 Å². The molecule has 9 heteroatoms. The van der Waals surface area contributed by atoms with Gasteiger partial charge in [-0.15, -0.1) is 0 Å². The molecule has 0 radical (unpaired) electrons. The quantitative estimate of drug-likeness (QED) is 0.633. The van der Waals surface area contributed by atoms with Crippen molar-refractivity contribution < 1.29 is 4.79 Å². The van der Waals surface area contributed by atoms with Crippen molar-refractivity contribution in [3.05, 3.63) is 64.5 Å². The molecule has 2 aromatic heterocycles. The molecule has 0 aliphatic heterocycles. The molecule has 0 fully saturated rings. The van der Waals surface area contributed by atoms with Crippen LogP contribution >= 0.6 is 11.6 Å². The fourth-order valence-corrected chi connectivity index (χ4v) is 2.98. The summed E-state index contributed by atoms with van der Waals surface area (Å²) in [6.07, 6.45) is 1.45. The number of H-pyrrole nitrogens is 1. The van der Waals surface area contributed by atoms with Gasteiger partial charge >= 0.3 is 0 Å². The lowest BCUT2D eigenvalue weighted by atomic mass is 10.1. The Morgan fingerprint density at radius 1 is 1.21 bits per heavy atom. The van der Waals surface area contributed by atoms with Gasteiger partial charge in [-0.05, 0) is 26.3 Å². The summed E-state index contributed by atoms with van der Waals surface area (Å²) in [7, 11) is 0. The van der Waals surface area contributed by atoms with E-state index in [0.717, 1.165) is 18.7 Å². The smallest absolute Gasteiger partial charge is 0.272 e. The minimum Gasteiger partial charge on any atom is -0.341 e. The van der Waals surface area contributed by atoms with Gasteiger partial charge in [-0.1, -0.05) is 41.9 Å². The van der Waals surface area contributed by atoms with Crippen LogP contribution in [0.5, 0.6) is 0 Å². The first-order chi connectivity index (χ1) is 13.5. The largest absolute Gasteiger partial charge is 0.341 e. The zero-order valence-corrected chi connectivity index (χ0v) is 16.7. The van der Waals surface area contributed by atoms with Gasteiger partial charge in [0.2, 0.25) is 5.95 Å². The Morgan fingerprint density at radius 3 is 2.54 bits per heavy atom. The first kappa shape index (κ1) is 19.8. The van der Waals surface area contributed by atoms with Crippen molar-refractivity contribution in [2.45, 2.75) is 26.8 Å². The van der Waals surface area contributed by atoms with E-state index in [-0.39, 0.29) is 10.7 Å². The van der Waals surface area contributed by atoms with Crippen LogP contribution in [0.2, 0.25) is 5.02 Å². The highest BCUT2D eigenvalue weighted by molar-refractivity contribution is 6.33.